The van der Waals surface area contributed by atoms with Crippen molar-refractivity contribution >= 4 is 102 Å². The fourth-order valence-electron chi connectivity index (χ4n) is 4.70. The van der Waals surface area contributed by atoms with Gasteiger partial charge in [-0.1, -0.05) is 66.7 Å². The summed E-state index contributed by atoms with van der Waals surface area (Å²) in [5.41, 5.74) is 0.314. The molecule has 1 aliphatic carbocycles. The van der Waals surface area contributed by atoms with E-state index in [4.69, 9.17) is 46.4 Å². The van der Waals surface area contributed by atoms with Gasteiger partial charge in [-0.25, -0.2) is 5.01 Å². The Balaban J connectivity index is 1.82. The van der Waals surface area contributed by atoms with E-state index in [-0.39, 0.29) is 43.1 Å². The van der Waals surface area contributed by atoms with Gasteiger partial charge in [0.05, 0.1) is 21.9 Å². The average molecular weight is 714 g/mol. The van der Waals surface area contributed by atoms with Gasteiger partial charge in [-0.3, -0.25) is 19.2 Å². The molecule has 1 saturated carbocycles. The highest BCUT2D eigenvalue weighted by atomic mass is 79.9. The number of hydrogen-bond donors (Lipinski definition) is 0. The molecule has 0 unspecified atom stereocenters. The van der Waals surface area contributed by atoms with Crippen LogP contribution in [0.5, 0.6) is 0 Å². The fourth-order valence-corrected chi connectivity index (χ4v) is 6.57. The zero-order chi connectivity index (χ0) is 27.0. The number of carbonyl (C=O) groups is 4. The summed E-state index contributed by atoms with van der Waals surface area (Å²) >= 11 is 31.4. The van der Waals surface area contributed by atoms with Gasteiger partial charge in [0.1, 0.15) is 6.04 Å². The van der Waals surface area contributed by atoms with Gasteiger partial charge in [0.2, 0.25) is 0 Å². The molecule has 4 rings (SSSR count). The first-order valence-corrected chi connectivity index (χ1v) is 14.8. The molecular weight excluding hydrogens is 694 g/mol. The molecule has 1 aliphatic heterocycles. The van der Waals surface area contributed by atoms with Crippen LogP contribution in [0.3, 0.4) is 0 Å². The predicted molar refractivity (Wildman–Crippen MR) is 151 cm³/mol. The molecule has 2 aromatic carbocycles. The smallest absolute Gasteiger partial charge is 0.273 e. The van der Waals surface area contributed by atoms with Crippen LogP contribution in [0, 0.1) is 11.8 Å². The number of fused-ring (bicyclic) bond motifs is 1. The molecule has 5 atom stereocenters. The minimum Gasteiger partial charge on any atom is -0.292 e. The Kier molecular flexibility index (Phi) is 9.29. The molecule has 1 heterocycles. The number of benzene rings is 2. The third-order valence-electron chi connectivity index (χ3n) is 6.59. The molecule has 0 bridgehead atoms. The molecule has 1 saturated heterocycles. The summed E-state index contributed by atoms with van der Waals surface area (Å²) in [6, 6.07) is 9.09. The van der Waals surface area contributed by atoms with Crippen LogP contribution >= 0.6 is 78.3 Å². The molecule has 3 amide bonds. The summed E-state index contributed by atoms with van der Waals surface area (Å²) in [6.45, 7) is 0. The van der Waals surface area contributed by atoms with Gasteiger partial charge in [-0.15, -0.1) is 11.6 Å². The molecule has 0 radical (unpaired) electrons. The first-order chi connectivity index (χ1) is 17.5. The third kappa shape index (κ3) is 5.75. The number of Topliss-reactive ketones (excluding diaryl/α,β-unsaturated/α-hetero) is 1. The maximum Gasteiger partial charge on any atom is 0.273 e. The molecule has 37 heavy (non-hydrogen) atoms. The van der Waals surface area contributed by atoms with Gasteiger partial charge >= 0.3 is 0 Å². The number of amides is 3. The maximum atomic E-state index is 14.0. The van der Waals surface area contributed by atoms with Crippen molar-refractivity contribution in [3.05, 3.63) is 68.7 Å². The van der Waals surface area contributed by atoms with Crippen molar-refractivity contribution in [1.29, 1.82) is 0 Å². The number of ketones is 1. The monoisotopic (exact) mass is 710 g/mol. The van der Waals surface area contributed by atoms with E-state index in [1.807, 2.05) is 0 Å². The van der Waals surface area contributed by atoms with Crippen LogP contribution in [-0.4, -0.2) is 55.1 Å². The molecule has 2 fully saturated rings. The topological polar surface area (TPSA) is 74.8 Å². The highest BCUT2D eigenvalue weighted by molar-refractivity contribution is 9.12. The number of nitrogens with zero attached hydrogens (tertiary/aromatic N) is 2. The number of hydrazine groups is 1. The standard InChI is InChI=1S/C25H20Br2Cl4N2O4/c26-17-10-15-16(11-18(17)27)25(37)33(24(15)36)32(23(35)13-3-6-19(30)20(31)9-13)21(7-8-28)22(34)12-1-4-14(29)5-2-12/h1-6,9,15-18,21H,7-8,10-11H2/t15-,16-,17+,18+,21+/m1/s1. The van der Waals surface area contributed by atoms with Crippen LogP contribution in [0.4, 0.5) is 0 Å². The largest absolute Gasteiger partial charge is 0.292 e. The normalized spacial score (nSPS) is 24.1. The quantitative estimate of drug-likeness (QED) is 0.180. The molecule has 0 aromatic heterocycles. The van der Waals surface area contributed by atoms with Gasteiger partial charge in [0, 0.05) is 31.7 Å². The lowest BCUT2D eigenvalue weighted by atomic mass is 9.81. The van der Waals surface area contributed by atoms with Crippen molar-refractivity contribution in [2.75, 3.05) is 5.88 Å². The number of carbonyl (C=O) groups excluding carboxylic acids is 4. The summed E-state index contributed by atoms with van der Waals surface area (Å²) in [4.78, 5) is 55.0. The number of imide groups is 1. The molecule has 0 N–H and O–H groups in total. The van der Waals surface area contributed by atoms with Crippen LogP contribution in [0.25, 0.3) is 0 Å². The lowest BCUT2D eigenvalue weighted by molar-refractivity contribution is -0.156. The van der Waals surface area contributed by atoms with E-state index in [1.54, 1.807) is 12.1 Å². The molecule has 196 valence electrons. The summed E-state index contributed by atoms with van der Waals surface area (Å²) in [5, 5.41) is 2.56. The Labute approximate surface area is 250 Å². The molecule has 6 nitrogen and oxygen atoms in total. The second-order valence-electron chi connectivity index (χ2n) is 8.85. The van der Waals surface area contributed by atoms with Crippen molar-refractivity contribution < 1.29 is 19.2 Å². The lowest BCUT2D eigenvalue weighted by Gasteiger charge is -2.36. The van der Waals surface area contributed by atoms with E-state index in [9.17, 15) is 19.2 Å². The summed E-state index contributed by atoms with van der Waals surface area (Å²) < 4.78 is 0. The van der Waals surface area contributed by atoms with Crippen LogP contribution < -0.4 is 0 Å². The first-order valence-electron chi connectivity index (χ1n) is 11.3. The second-order valence-corrected chi connectivity index (χ2v) is 12.8. The SMILES string of the molecule is O=C(c1ccc(Cl)cc1)[C@H](CCCl)N(C(=O)c1ccc(Cl)c(Cl)c1)N1C(=O)[C@@H]2C[C@H](Br)[C@@H](Br)C[C@H]2C1=O. The van der Waals surface area contributed by atoms with Crippen molar-refractivity contribution in [2.45, 2.75) is 35.0 Å². The minimum atomic E-state index is -1.24. The number of hydrogen-bond acceptors (Lipinski definition) is 4. The molecule has 0 spiro atoms. The average Bonchev–Trinajstić information content (AvgIpc) is 3.10. The third-order valence-corrected chi connectivity index (χ3v) is 10.5. The Bertz CT molecular complexity index is 1220. The van der Waals surface area contributed by atoms with E-state index in [2.05, 4.69) is 31.9 Å². The number of halogens is 6. The first kappa shape index (κ1) is 28.8. The zero-order valence-electron chi connectivity index (χ0n) is 19.1. The van der Waals surface area contributed by atoms with Gasteiger partial charge in [-0.2, -0.15) is 5.01 Å². The summed E-state index contributed by atoms with van der Waals surface area (Å²) in [7, 11) is 0. The van der Waals surface area contributed by atoms with E-state index in [1.165, 1.54) is 30.3 Å². The summed E-state index contributed by atoms with van der Waals surface area (Å²) in [5.74, 6) is -3.56. The molecule has 12 heteroatoms. The fraction of sp³-hybridized carbons (Fsp3) is 0.360. The van der Waals surface area contributed by atoms with Gasteiger partial charge in [0.25, 0.3) is 17.7 Å². The Hall–Kier alpha value is -1.16. The Morgan fingerprint density at radius 3 is 1.95 bits per heavy atom. The predicted octanol–water partition coefficient (Wildman–Crippen LogP) is 6.81. The van der Waals surface area contributed by atoms with E-state index >= 15 is 0 Å². The maximum absolute atomic E-state index is 14.0. The highest BCUT2D eigenvalue weighted by Crippen LogP contribution is 2.44. The number of alkyl halides is 3. The van der Waals surface area contributed by atoms with Gasteiger partial charge in [0.15, 0.2) is 5.78 Å². The Morgan fingerprint density at radius 2 is 1.43 bits per heavy atom. The Morgan fingerprint density at radius 1 is 0.892 bits per heavy atom. The van der Waals surface area contributed by atoms with Crippen molar-refractivity contribution in [2.24, 2.45) is 11.8 Å². The summed E-state index contributed by atoms with van der Waals surface area (Å²) in [6.07, 6.45) is 0.800. The van der Waals surface area contributed by atoms with Crippen molar-refractivity contribution in [3.63, 3.8) is 0 Å². The van der Waals surface area contributed by atoms with E-state index in [0.29, 0.717) is 17.9 Å². The van der Waals surface area contributed by atoms with Gasteiger partial charge in [-0.05, 0) is 61.7 Å². The molecular formula is C25H20Br2Cl4N2O4. The number of rotatable bonds is 7. The zero-order valence-corrected chi connectivity index (χ0v) is 25.2. The lowest BCUT2D eigenvalue weighted by Crippen LogP contribution is -2.57. The van der Waals surface area contributed by atoms with Crippen LogP contribution in [-0.2, 0) is 9.59 Å². The van der Waals surface area contributed by atoms with Crippen LogP contribution in [0.15, 0.2) is 42.5 Å². The van der Waals surface area contributed by atoms with E-state index < -0.39 is 41.4 Å². The van der Waals surface area contributed by atoms with Crippen LogP contribution in [0.2, 0.25) is 15.1 Å². The minimum absolute atomic E-state index is 0.00875. The highest BCUT2D eigenvalue weighted by Gasteiger charge is 2.56. The van der Waals surface area contributed by atoms with Gasteiger partial charge < -0.3 is 0 Å². The van der Waals surface area contributed by atoms with Crippen molar-refractivity contribution in [3.8, 4) is 0 Å². The second kappa shape index (κ2) is 11.9. The van der Waals surface area contributed by atoms with E-state index in [0.717, 1.165) is 10.0 Å². The molecule has 2 aliphatic rings. The molecule has 2 aromatic rings. The van der Waals surface area contributed by atoms with Crippen LogP contribution in [0.1, 0.15) is 40.0 Å². The van der Waals surface area contributed by atoms with Crippen molar-refractivity contribution in [1.82, 2.24) is 10.0 Å².